The van der Waals surface area contributed by atoms with Crippen molar-refractivity contribution in [3.8, 4) is 5.75 Å². The minimum atomic E-state index is -3.73. The number of nitrogens with zero attached hydrogens (tertiary/aromatic N) is 1. The van der Waals surface area contributed by atoms with Crippen LogP contribution in [0.15, 0.2) is 29.2 Å². The Kier molecular flexibility index (Phi) is 5.64. The number of rotatable bonds is 6. The molecule has 1 aliphatic heterocycles. The van der Waals surface area contributed by atoms with Crippen LogP contribution in [0.3, 0.4) is 0 Å². The van der Waals surface area contributed by atoms with Crippen LogP contribution in [0.5, 0.6) is 5.75 Å². The van der Waals surface area contributed by atoms with Gasteiger partial charge in [-0.25, -0.2) is 8.42 Å². The second kappa shape index (κ2) is 7.31. The van der Waals surface area contributed by atoms with Crippen molar-refractivity contribution >= 4 is 15.9 Å². The number of primary amides is 1. The summed E-state index contributed by atoms with van der Waals surface area (Å²) in [5, 5.41) is 0. The van der Waals surface area contributed by atoms with E-state index in [2.05, 4.69) is 0 Å². The van der Waals surface area contributed by atoms with Crippen LogP contribution in [0.4, 0.5) is 0 Å². The summed E-state index contributed by atoms with van der Waals surface area (Å²) >= 11 is 0. The van der Waals surface area contributed by atoms with Crippen molar-refractivity contribution < 1.29 is 17.9 Å². The van der Waals surface area contributed by atoms with E-state index in [1.54, 1.807) is 12.1 Å². The van der Waals surface area contributed by atoms with Gasteiger partial charge in [0, 0.05) is 6.54 Å². The third kappa shape index (κ3) is 4.23. The van der Waals surface area contributed by atoms with E-state index in [9.17, 15) is 13.2 Å². The zero-order chi connectivity index (χ0) is 17.0. The maximum absolute atomic E-state index is 12.8. The molecule has 2 N–H and O–H groups in total. The predicted octanol–water partition coefficient (Wildman–Crippen LogP) is 1.75. The summed E-state index contributed by atoms with van der Waals surface area (Å²) in [6.07, 6.45) is 2.02. The van der Waals surface area contributed by atoms with Crippen LogP contribution in [0.2, 0.25) is 0 Å². The average Bonchev–Trinajstić information content (AvgIpc) is 2.53. The van der Waals surface area contributed by atoms with E-state index >= 15 is 0 Å². The van der Waals surface area contributed by atoms with Crippen LogP contribution in [-0.4, -0.2) is 37.8 Å². The van der Waals surface area contributed by atoms with Gasteiger partial charge in [0.2, 0.25) is 15.9 Å². The monoisotopic (exact) mass is 340 g/mol. The van der Waals surface area contributed by atoms with Gasteiger partial charge in [-0.15, -0.1) is 0 Å². The Morgan fingerprint density at radius 3 is 2.52 bits per heavy atom. The van der Waals surface area contributed by atoms with E-state index in [1.165, 1.54) is 16.4 Å². The number of amides is 1. The Balaban J connectivity index is 2.19. The molecule has 1 heterocycles. The fraction of sp³-hybridized carbons (Fsp3) is 0.562. The van der Waals surface area contributed by atoms with Crippen LogP contribution in [0.25, 0.3) is 0 Å². The highest BCUT2D eigenvalue weighted by atomic mass is 32.2. The smallest absolute Gasteiger partial charge is 0.243 e. The number of nitrogens with two attached hydrogens (primary N) is 1. The van der Waals surface area contributed by atoms with Gasteiger partial charge in [0.1, 0.15) is 11.8 Å². The average molecular weight is 340 g/mol. The molecule has 0 radical (unpaired) electrons. The molecular formula is C16H24N2O4S. The molecule has 0 unspecified atom stereocenters. The summed E-state index contributed by atoms with van der Waals surface area (Å²) < 4.78 is 32.3. The minimum Gasteiger partial charge on any atom is -0.493 e. The van der Waals surface area contributed by atoms with Crippen molar-refractivity contribution in [1.29, 1.82) is 0 Å². The van der Waals surface area contributed by atoms with Gasteiger partial charge in [0.25, 0.3) is 0 Å². The normalized spacial score (nSPS) is 19.7. The van der Waals surface area contributed by atoms with Crippen LogP contribution in [-0.2, 0) is 14.8 Å². The summed E-state index contributed by atoms with van der Waals surface area (Å²) in [6, 6.07) is 5.54. The van der Waals surface area contributed by atoms with E-state index < -0.39 is 22.0 Å². The second-order valence-corrected chi connectivity index (χ2v) is 8.10. The van der Waals surface area contributed by atoms with Crippen LogP contribution in [0, 0.1) is 5.92 Å². The Morgan fingerprint density at radius 1 is 1.30 bits per heavy atom. The Bertz CT molecular complexity index is 641. The lowest BCUT2D eigenvalue weighted by Crippen LogP contribution is -2.50. The molecular weight excluding hydrogens is 316 g/mol. The molecule has 0 aromatic heterocycles. The first kappa shape index (κ1) is 17.7. The van der Waals surface area contributed by atoms with Gasteiger partial charge in [-0.05, 0) is 43.0 Å². The van der Waals surface area contributed by atoms with E-state index in [1.807, 2.05) is 13.8 Å². The number of sulfonamides is 1. The fourth-order valence-corrected chi connectivity index (χ4v) is 4.25. The molecule has 7 heteroatoms. The molecule has 0 spiro atoms. The SMILES string of the molecule is CC(C)COc1ccc(S(=O)(=O)N2CCCC[C@@H]2C(N)=O)cc1. The summed E-state index contributed by atoms with van der Waals surface area (Å²) in [4.78, 5) is 11.7. The number of hydrogen-bond donors (Lipinski definition) is 1. The summed E-state index contributed by atoms with van der Waals surface area (Å²) in [5.41, 5.74) is 5.36. The molecule has 1 atom stereocenters. The zero-order valence-corrected chi connectivity index (χ0v) is 14.4. The first-order valence-electron chi connectivity index (χ1n) is 7.86. The fourth-order valence-electron chi connectivity index (χ4n) is 2.58. The summed E-state index contributed by atoms with van der Waals surface area (Å²) in [6.45, 7) is 4.97. The summed E-state index contributed by atoms with van der Waals surface area (Å²) in [5.74, 6) is 0.427. The number of ether oxygens (including phenoxy) is 1. The molecule has 23 heavy (non-hydrogen) atoms. The number of carbonyl (C=O) groups excluding carboxylic acids is 1. The molecule has 128 valence electrons. The highest BCUT2D eigenvalue weighted by molar-refractivity contribution is 7.89. The topological polar surface area (TPSA) is 89.7 Å². The van der Waals surface area contributed by atoms with Crippen molar-refractivity contribution in [2.24, 2.45) is 11.7 Å². The van der Waals surface area contributed by atoms with Gasteiger partial charge in [-0.2, -0.15) is 4.31 Å². The lowest BCUT2D eigenvalue weighted by molar-refractivity contribution is -0.122. The van der Waals surface area contributed by atoms with Gasteiger partial charge >= 0.3 is 0 Å². The Labute approximate surface area is 137 Å². The number of carbonyl (C=O) groups is 1. The predicted molar refractivity (Wildman–Crippen MR) is 87.5 cm³/mol. The largest absolute Gasteiger partial charge is 0.493 e. The molecule has 1 aromatic rings. The first-order chi connectivity index (χ1) is 10.8. The third-order valence-corrected chi connectivity index (χ3v) is 5.72. The molecule has 1 aliphatic rings. The number of piperidine rings is 1. The van der Waals surface area contributed by atoms with Crippen molar-refractivity contribution in [3.05, 3.63) is 24.3 Å². The highest BCUT2D eigenvalue weighted by Gasteiger charge is 2.36. The van der Waals surface area contributed by atoms with Crippen LogP contribution < -0.4 is 10.5 Å². The van der Waals surface area contributed by atoms with Crippen molar-refractivity contribution in [2.45, 2.75) is 44.0 Å². The van der Waals surface area contributed by atoms with Gasteiger partial charge in [-0.3, -0.25) is 4.79 Å². The van der Waals surface area contributed by atoms with E-state index in [-0.39, 0.29) is 4.90 Å². The molecule has 0 aliphatic carbocycles. The van der Waals surface area contributed by atoms with Crippen molar-refractivity contribution in [1.82, 2.24) is 4.31 Å². The second-order valence-electron chi connectivity index (χ2n) is 6.21. The van der Waals surface area contributed by atoms with E-state index in [4.69, 9.17) is 10.5 Å². The Hall–Kier alpha value is -1.60. The van der Waals surface area contributed by atoms with E-state index in [0.29, 0.717) is 31.2 Å². The van der Waals surface area contributed by atoms with Gasteiger partial charge in [0.05, 0.1) is 11.5 Å². The molecule has 1 saturated heterocycles. The standard InChI is InChI=1S/C16H24N2O4S/c1-12(2)11-22-13-6-8-14(9-7-13)23(20,21)18-10-4-3-5-15(18)16(17)19/h6-9,12,15H,3-5,10-11H2,1-2H3,(H2,17,19)/t15-/m1/s1. The zero-order valence-electron chi connectivity index (χ0n) is 13.6. The maximum atomic E-state index is 12.8. The molecule has 0 saturated carbocycles. The quantitative estimate of drug-likeness (QED) is 0.854. The summed E-state index contributed by atoms with van der Waals surface area (Å²) in [7, 11) is -3.73. The lowest BCUT2D eigenvalue weighted by atomic mass is 10.0. The van der Waals surface area contributed by atoms with Gasteiger partial charge in [-0.1, -0.05) is 20.3 Å². The van der Waals surface area contributed by atoms with Crippen LogP contribution >= 0.6 is 0 Å². The third-order valence-electron chi connectivity index (χ3n) is 3.80. The molecule has 1 aromatic carbocycles. The van der Waals surface area contributed by atoms with Crippen molar-refractivity contribution in [2.75, 3.05) is 13.2 Å². The highest BCUT2D eigenvalue weighted by Crippen LogP contribution is 2.26. The first-order valence-corrected chi connectivity index (χ1v) is 9.30. The van der Waals surface area contributed by atoms with Gasteiger partial charge < -0.3 is 10.5 Å². The number of benzene rings is 1. The van der Waals surface area contributed by atoms with Gasteiger partial charge in [0.15, 0.2) is 0 Å². The lowest BCUT2D eigenvalue weighted by Gasteiger charge is -2.32. The number of hydrogen-bond acceptors (Lipinski definition) is 4. The molecule has 1 fully saturated rings. The molecule has 6 nitrogen and oxygen atoms in total. The maximum Gasteiger partial charge on any atom is 0.243 e. The molecule has 1 amide bonds. The minimum absolute atomic E-state index is 0.155. The van der Waals surface area contributed by atoms with Crippen molar-refractivity contribution in [3.63, 3.8) is 0 Å². The van der Waals surface area contributed by atoms with E-state index in [0.717, 1.165) is 12.8 Å². The Morgan fingerprint density at radius 2 is 1.96 bits per heavy atom. The van der Waals surface area contributed by atoms with Crippen LogP contribution in [0.1, 0.15) is 33.1 Å². The molecule has 0 bridgehead atoms. The molecule has 2 rings (SSSR count).